The van der Waals surface area contributed by atoms with Gasteiger partial charge in [-0.1, -0.05) is 35.5 Å². The van der Waals surface area contributed by atoms with Gasteiger partial charge in [0.15, 0.2) is 9.84 Å². The molecule has 26 heavy (non-hydrogen) atoms. The Hall–Kier alpha value is -2.67. The molecule has 0 radical (unpaired) electrons. The zero-order chi connectivity index (χ0) is 18.7. The number of nitrogens with zero attached hydrogens (tertiary/aromatic N) is 1. The van der Waals surface area contributed by atoms with Gasteiger partial charge in [-0.3, -0.25) is 4.79 Å². The van der Waals surface area contributed by atoms with Gasteiger partial charge in [0.25, 0.3) is 0 Å². The van der Waals surface area contributed by atoms with Gasteiger partial charge in [-0.15, -0.1) is 0 Å². The standard InChI is InChI=1S/C19H19NO5S/c1-26(23,24)12-16-14-7-9-17(20-22)19(21)15(14)8-10-18(16)25-11-13-5-3-2-4-6-13/h2-6,8,10,22H,7,9,11-12H2,1H3. The van der Waals surface area contributed by atoms with Crippen molar-refractivity contribution < 1.29 is 23.2 Å². The Morgan fingerprint density at radius 2 is 1.85 bits per heavy atom. The number of ether oxygens (including phenoxy) is 1. The van der Waals surface area contributed by atoms with Crippen LogP contribution in [0.1, 0.15) is 33.5 Å². The van der Waals surface area contributed by atoms with Crippen LogP contribution in [0.3, 0.4) is 0 Å². The van der Waals surface area contributed by atoms with Gasteiger partial charge in [0.05, 0.1) is 5.75 Å². The molecule has 1 aliphatic rings. The zero-order valence-electron chi connectivity index (χ0n) is 14.3. The number of Topliss-reactive ketones (excluding diaryl/α,β-unsaturated/α-hetero) is 1. The van der Waals surface area contributed by atoms with Crippen molar-refractivity contribution in [3.05, 3.63) is 64.7 Å². The molecule has 2 aromatic rings. The first-order chi connectivity index (χ1) is 12.4. The number of carbonyl (C=O) groups is 1. The molecule has 0 saturated carbocycles. The summed E-state index contributed by atoms with van der Waals surface area (Å²) in [4.78, 5) is 12.4. The number of benzene rings is 2. The maximum atomic E-state index is 12.4. The summed E-state index contributed by atoms with van der Waals surface area (Å²) in [5.74, 6) is -0.132. The quantitative estimate of drug-likeness (QED) is 0.642. The Balaban J connectivity index is 2.00. The summed E-state index contributed by atoms with van der Waals surface area (Å²) in [6, 6.07) is 12.8. The van der Waals surface area contributed by atoms with E-state index in [1.165, 1.54) is 0 Å². The summed E-state index contributed by atoms with van der Waals surface area (Å²) in [5.41, 5.74) is 2.57. The van der Waals surface area contributed by atoms with Crippen LogP contribution in [0, 0.1) is 0 Å². The van der Waals surface area contributed by atoms with E-state index in [9.17, 15) is 13.2 Å². The lowest BCUT2D eigenvalue weighted by Crippen LogP contribution is -2.24. The van der Waals surface area contributed by atoms with Crippen molar-refractivity contribution in [1.29, 1.82) is 0 Å². The fourth-order valence-corrected chi connectivity index (χ4v) is 3.91. The molecule has 0 unspecified atom stereocenters. The summed E-state index contributed by atoms with van der Waals surface area (Å²) in [5, 5.41) is 12.0. The van der Waals surface area contributed by atoms with Crippen LogP contribution in [0.4, 0.5) is 0 Å². The minimum absolute atomic E-state index is 0.0840. The first kappa shape index (κ1) is 18.1. The van der Waals surface area contributed by atoms with E-state index in [0.29, 0.717) is 35.5 Å². The number of hydrogen-bond acceptors (Lipinski definition) is 6. The summed E-state index contributed by atoms with van der Waals surface area (Å²) >= 11 is 0. The van der Waals surface area contributed by atoms with Gasteiger partial charge < -0.3 is 9.94 Å². The van der Waals surface area contributed by atoms with Crippen molar-refractivity contribution in [3.8, 4) is 5.75 Å². The number of ketones is 1. The second kappa shape index (κ2) is 7.29. The molecule has 0 saturated heterocycles. The lowest BCUT2D eigenvalue weighted by molar-refractivity contribution is 0.105. The largest absolute Gasteiger partial charge is 0.489 e. The van der Waals surface area contributed by atoms with Crippen molar-refractivity contribution in [2.75, 3.05) is 6.26 Å². The molecule has 0 aromatic heterocycles. The molecule has 0 atom stereocenters. The molecule has 3 rings (SSSR count). The Morgan fingerprint density at radius 1 is 1.12 bits per heavy atom. The molecule has 7 heteroatoms. The van der Waals surface area contributed by atoms with Crippen LogP contribution < -0.4 is 4.74 Å². The SMILES string of the molecule is CS(=O)(=O)Cc1c(OCc2ccccc2)ccc2c1CCC(=NO)C2=O. The number of rotatable bonds is 5. The Bertz CT molecular complexity index is 965. The van der Waals surface area contributed by atoms with E-state index in [4.69, 9.17) is 9.94 Å². The minimum atomic E-state index is -3.32. The van der Waals surface area contributed by atoms with Crippen molar-refractivity contribution in [1.82, 2.24) is 0 Å². The zero-order valence-corrected chi connectivity index (χ0v) is 15.1. The number of oxime groups is 1. The second-order valence-corrected chi connectivity index (χ2v) is 8.43. The van der Waals surface area contributed by atoms with Crippen molar-refractivity contribution in [3.63, 3.8) is 0 Å². The monoisotopic (exact) mass is 373 g/mol. The number of hydrogen-bond donors (Lipinski definition) is 1. The van der Waals surface area contributed by atoms with Gasteiger partial charge >= 0.3 is 0 Å². The first-order valence-corrected chi connectivity index (χ1v) is 10.2. The van der Waals surface area contributed by atoms with E-state index in [-0.39, 0.29) is 23.7 Å². The third kappa shape index (κ3) is 3.94. The average Bonchev–Trinajstić information content (AvgIpc) is 2.61. The number of sulfone groups is 1. The third-order valence-electron chi connectivity index (χ3n) is 4.27. The summed E-state index contributed by atoms with van der Waals surface area (Å²) in [6.45, 7) is 0.299. The second-order valence-electron chi connectivity index (χ2n) is 6.29. The molecule has 0 amide bonds. The Labute approximate surface area is 152 Å². The molecule has 1 aliphatic carbocycles. The molecular formula is C19H19NO5S. The van der Waals surface area contributed by atoms with Gasteiger partial charge in [-0.25, -0.2) is 8.42 Å². The van der Waals surface area contributed by atoms with Gasteiger partial charge in [0, 0.05) is 23.8 Å². The van der Waals surface area contributed by atoms with Crippen molar-refractivity contribution in [2.24, 2.45) is 5.16 Å². The number of fused-ring (bicyclic) bond motifs is 1. The Kier molecular flexibility index (Phi) is 5.08. The van der Waals surface area contributed by atoms with E-state index < -0.39 is 9.84 Å². The highest BCUT2D eigenvalue weighted by atomic mass is 32.2. The van der Waals surface area contributed by atoms with Crippen LogP contribution in [-0.4, -0.2) is 31.4 Å². The highest BCUT2D eigenvalue weighted by Gasteiger charge is 2.28. The van der Waals surface area contributed by atoms with Crippen LogP contribution in [0.15, 0.2) is 47.6 Å². The molecule has 2 aromatic carbocycles. The molecule has 136 valence electrons. The fraction of sp³-hybridized carbons (Fsp3) is 0.263. The van der Waals surface area contributed by atoms with E-state index in [2.05, 4.69) is 5.16 Å². The molecule has 0 bridgehead atoms. The van der Waals surface area contributed by atoms with Crippen LogP contribution >= 0.6 is 0 Å². The average molecular weight is 373 g/mol. The molecule has 0 spiro atoms. The molecule has 0 fully saturated rings. The Morgan fingerprint density at radius 3 is 2.50 bits per heavy atom. The predicted molar refractivity (Wildman–Crippen MR) is 97.6 cm³/mol. The number of carbonyl (C=O) groups excluding carboxylic acids is 1. The van der Waals surface area contributed by atoms with Crippen LogP contribution in [0.5, 0.6) is 5.75 Å². The molecular weight excluding hydrogens is 354 g/mol. The highest BCUT2D eigenvalue weighted by Crippen LogP contribution is 2.32. The summed E-state index contributed by atoms with van der Waals surface area (Å²) in [6.07, 6.45) is 1.84. The lowest BCUT2D eigenvalue weighted by atomic mass is 9.86. The van der Waals surface area contributed by atoms with Crippen LogP contribution in [-0.2, 0) is 28.6 Å². The molecule has 0 aliphatic heterocycles. The van der Waals surface area contributed by atoms with Gasteiger partial charge in [0.2, 0.25) is 5.78 Å². The van der Waals surface area contributed by atoms with E-state index in [0.717, 1.165) is 11.8 Å². The minimum Gasteiger partial charge on any atom is -0.489 e. The maximum absolute atomic E-state index is 12.4. The highest BCUT2D eigenvalue weighted by molar-refractivity contribution is 7.89. The topological polar surface area (TPSA) is 93.0 Å². The smallest absolute Gasteiger partial charge is 0.210 e. The molecule has 1 N–H and O–H groups in total. The summed E-state index contributed by atoms with van der Waals surface area (Å²) in [7, 11) is -3.32. The summed E-state index contributed by atoms with van der Waals surface area (Å²) < 4.78 is 29.7. The fourth-order valence-electron chi connectivity index (χ4n) is 3.07. The van der Waals surface area contributed by atoms with Crippen molar-refractivity contribution >= 4 is 21.3 Å². The molecule has 0 heterocycles. The van der Waals surface area contributed by atoms with Crippen LogP contribution in [0.2, 0.25) is 0 Å². The van der Waals surface area contributed by atoms with E-state index in [1.807, 2.05) is 30.3 Å². The maximum Gasteiger partial charge on any atom is 0.210 e. The third-order valence-corrected chi connectivity index (χ3v) is 5.08. The normalized spacial score (nSPS) is 15.7. The molecule has 6 nitrogen and oxygen atoms in total. The van der Waals surface area contributed by atoms with Gasteiger partial charge in [-0.2, -0.15) is 0 Å². The van der Waals surface area contributed by atoms with E-state index in [1.54, 1.807) is 12.1 Å². The first-order valence-electron chi connectivity index (χ1n) is 8.14. The van der Waals surface area contributed by atoms with Gasteiger partial charge in [0.1, 0.15) is 18.1 Å². The van der Waals surface area contributed by atoms with Crippen molar-refractivity contribution in [2.45, 2.75) is 25.2 Å². The van der Waals surface area contributed by atoms with Crippen LogP contribution in [0.25, 0.3) is 0 Å². The lowest BCUT2D eigenvalue weighted by Gasteiger charge is -2.21. The van der Waals surface area contributed by atoms with Gasteiger partial charge in [-0.05, 0) is 29.7 Å². The van der Waals surface area contributed by atoms with E-state index >= 15 is 0 Å². The predicted octanol–water partition coefficient (Wildman–Crippen LogP) is 2.77.